The predicted octanol–water partition coefficient (Wildman–Crippen LogP) is 3.99. The Hall–Kier alpha value is -3.61. The maximum atomic E-state index is 13.0. The quantitative estimate of drug-likeness (QED) is 0.599. The highest BCUT2D eigenvalue weighted by Gasteiger charge is 2.25. The molecule has 0 spiro atoms. The number of hydrogen-bond donors (Lipinski definition) is 2. The van der Waals surface area contributed by atoms with Crippen LogP contribution in [-0.2, 0) is 4.79 Å². The van der Waals surface area contributed by atoms with E-state index in [4.69, 9.17) is 9.26 Å². The normalized spacial score (nSPS) is 11.7. The molecule has 1 atom stereocenters. The number of aromatic nitrogens is 1. The van der Waals surface area contributed by atoms with E-state index in [0.29, 0.717) is 29.4 Å². The van der Waals surface area contributed by atoms with E-state index < -0.39 is 17.9 Å². The van der Waals surface area contributed by atoms with Gasteiger partial charge in [0, 0.05) is 5.56 Å². The average molecular weight is 394 g/mol. The minimum absolute atomic E-state index is 0.259. The van der Waals surface area contributed by atoms with Crippen LogP contribution in [0.15, 0.2) is 59.1 Å². The first-order chi connectivity index (χ1) is 14.0. The maximum absolute atomic E-state index is 13.0. The third-order valence-corrected chi connectivity index (χ3v) is 4.41. The number of aliphatic carboxylic acids is 1. The summed E-state index contributed by atoms with van der Waals surface area (Å²) in [7, 11) is 0. The van der Waals surface area contributed by atoms with Crippen LogP contribution in [0.3, 0.4) is 0 Å². The van der Waals surface area contributed by atoms with Crippen molar-refractivity contribution < 1.29 is 24.0 Å². The van der Waals surface area contributed by atoms with Gasteiger partial charge in [-0.2, -0.15) is 0 Å². The lowest BCUT2D eigenvalue weighted by Gasteiger charge is -2.18. The van der Waals surface area contributed by atoms with Gasteiger partial charge in [-0.15, -0.1) is 0 Å². The molecule has 7 nitrogen and oxygen atoms in total. The van der Waals surface area contributed by atoms with Gasteiger partial charge in [0.1, 0.15) is 22.8 Å². The predicted molar refractivity (Wildman–Crippen MR) is 107 cm³/mol. The summed E-state index contributed by atoms with van der Waals surface area (Å²) in [6, 6.07) is 15.5. The van der Waals surface area contributed by atoms with Crippen molar-refractivity contribution in [2.24, 2.45) is 0 Å². The number of carbonyl (C=O) groups excluding carboxylic acids is 1. The molecular formula is C22H22N2O5. The molecule has 0 aliphatic heterocycles. The molecule has 0 fully saturated rings. The molecule has 2 aromatic carbocycles. The number of carboxylic acids is 1. The minimum atomic E-state index is -1.02. The van der Waals surface area contributed by atoms with E-state index in [9.17, 15) is 14.7 Å². The molecule has 29 heavy (non-hydrogen) atoms. The fourth-order valence-corrected chi connectivity index (χ4v) is 3.05. The highest BCUT2D eigenvalue weighted by atomic mass is 16.5. The van der Waals surface area contributed by atoms with E-state index in [-0.39, 0.29) is 12.0 Å². The molecule has 3 aromatic rings. The molecule has 150 valence electrons. The van der Waals surface area contributed by atoms with E-state index in [1.54, 1.807) is 31.2 Å². The second-order valence-electron chi connectivity index (χ2n) is 6.45. The number of nitrogens with one attached hydrogen (secondary N) is 1. The van der Waals surface area contributed by atoms with Crippen molar-refractivity contribution >= 4 is 11.9 Å². The third-order valence-electron chi connectivity index (χ3n) is 4.41. The molecule has 0 bridgehead atoms. The second-order valence-corrected chi connectivity index (χ2v) is 6.45. The van der Waals surface area contributed by atoms with Crippen LogP contribution in [0.5, 0.6) is 5.75 Å². The van der Waals surface area contributed by atoms with Crippen LogP contribution in [0.25, 0.3) is 11.3 Å². The zero-order valence-electron chi connectivity index (χ0n) is 16.2. The first-order valence-corrected chi connectivity index (χ1v) is 9.26. The van der Waals surface area contributed by atoms with Crippen LogP contribution in [0.2, 0.25) is 0 Å². The molecule has 2 N–H and O–H groups in total. The Morgan fingerprint density at radius 1 is 1.14 bits per heavy atom. The van der Waals surface area contributed by atoms with Crippen molar-refractivity contribution in [1.29, 1.82) is 0 Å². The van der Waals surface area contributed by atoms with Gasteiger partial charge in [-0.1, -0.05) is 47.6 Å². The monoisotopic (exact) mass is 394 g/mol. The number of hydrogen-bond acceptors (Lipinski definition) is 5. The third kappa shape index (κ3) is 4.82. The number of carboxylic acid groups (broad SMARTS) is 1. The van der Waals surface area contributed by atoms with Crippen molar-refractivity contribution in [3.63, 3.8) is 0 Å². The number of aryl methyl sites for hydroxylation is 1. The number of ether oxygens (including phenoxy) is 1. The largest absolute Gasteiger partial charge is 0.494 e. The Labute approximate surface area is 168 Å². The Balaban J connectivity index is 1.88. The van der Waals surface area contributed by atoms with Crippen molar-refractivity contribution in [3.8, 4) is 17.0 Å². The first kappa shape index (κ1) is 20.1. The first-order valence-electron chi connectivity index (χ1n) is 9.26. The summed E-state index contributed by atoms with van der Waals surface area (Å²) in [4.78, 5) is 24.4. The van der Waals surface area contributed by atoms with E-state index in [1.165, 1.54) is 0 Å². The van der Waals surface area contributed by atoms with Gasteiger partial charge < -0.3 is 19.7 Å². The van der Waals surface area contributed by atoms with E-state index >= 15 is 0 Å². The van der Waals surface area contributed by atoms with Gasteiger partial charge in [0.15, 0.2) is 0 Å². The molecule has 7 heteroatoms. The average Bonchev–Trinajstić information content (AvgIpc) is 3.10. The van der Waals surface area contributed by atoms with Crippen LogP contribution in [0.1, 0.15) is 41.1 Å². The summed E-state index contributed by atoms with van der Waals surface area (Å²) in [5.41, 5.74) is 2.11. The van der Waals surface area contributed by atoms with E-state index in [1.807, 2.05) is 37.3 Å². The van der Waals surface area contributed by atoms with Crippen LogP contribution in [-0.4, -0.2) is 28.7 Å². The molecule has 3 rings (SSSR count). The summed E-state index contributed by atoms with van der Waals surface area (Å²) < 4.78 is 10.7. The Bertz CT molecular complexity index is 980. The molecule has 0 radical (unpaired) electrons. The summed E-state index contributed by atoms with van der Waals surface area (Å²) in [5, 5.41) is 16.1. The molecule has 0 saturated heterocycles. The lowest BCUT2D eigenvalue weighted by atomic mass is 10.0. The standard InChI is InChI=1S/C22H22N2O5/c1-3-28-17-11-9-15(10-12-17)18(13-19(25)26)23-22(27)20-14(2)29-24-21(20)16-7-5-4-6-8-16/h4-12,18H,3,13H2,1-2H3,(H,23,27)(H,25,26). The summed E-state index contributed by atoms with van der Waals surface area (Å²) >= 11 is 0. The van der Waals surface area contributed by atoms with Crippen LogP contribution in [0.4, 0.5) is 0 Å². The molecule has 1 amide bonds. The summed E-state index contributed by atoms with van der Waals surface area (Å²) in [6.07, 6.45) is -0.259. The summed E-state index contributed by atoms with van der Waals surface area (Å²) in [5.74, 6) is -0.419. The number of benzene rings is 2. The molecular weight excluding hydrogens is 372 g/mol. The number of nitrogens with zero attached hydrogens (tertiary/aromatic N) is 1. The number of rotatable bonds is 8. The zero-order chi connectivity index (χ0) is 20.8. The Kier molecular flexibility index (Phi) is 6.29. The van der Waals surface area contributed by atoms with Gasteiger partial charge in [-0.3, -0.25) is 9.59 Å². The van der Waals surface area contributed by atoms with Gasteiger partial charge in [0.05, 0.1) is 19.1 Å². The van der Waals surface area contributed by atoms with Gasteiger partial charge in [-0.05, 0) is 31.5 Å². The van der Waals surface area contributed by atoms with Crippen LogP contribution < -0.4 is 10.1 Å². The fraction of sp³-hybridized carbons (Fsp3) is 0.227. The highest BCUT2D eigenvalue weighted by Crippen LogP contribution is 2.27. The molecule has 1 heterocycles. The Morgan fingerprint density at radius 3 is 2.45 bits per heavy atom. The molecule has 1 aromatic heterocycles. The van der Waals surface area contributed by atoms with Crippen LogP contribution in [0, 0.1) is 6.92 Å². The van der Waals surface area contributed by atoms with E-state index in [0.717, 1.165) is 5.56 Å². The van der Waals surface area contributed by atoms with Gasteiger partial charge in [0.2, 0.25) is 0 Å². The van der Waals surface area contributed by atoms with Crippen molar-refractivity contribution in [2.45, 2.75) is 26.3 Å². The number of carbonyl (C=O) groups is 2. The Morgan fingerprint density at radius 2 is 1.83 bits per heavy atom. The zero-order valence-corrected chi connectivity index (χ0v) is 16.2. The van der Waals surface area contributed by atoms with Crippen LogP contribution >= 0.6 is 0 Å². The van der Waals surface area contributed by atoms with Gasteiger partial charge in [0.25, 0.3) is 5.91 Å². The number of amides is 1. The molecule has 0 aliphatic rings. The second kappa shape index (κ2) is 9.05. The summed E-state index contributed by atoms with van der Waals surface area (Å²) in [6.45, 7) is 4.06. The lowest BCUT2D eigenvalue weighted by molar-refractivity contribution is -0.137. The van der Waals surface area contributed by atoms with Gasteiger partial charge in [-0.25, -0.2) is 0 Å². The topological polar surface area (TPSA) is 102 Å². The van der Waals surface area contributed by atoms with Crippen molar-refractivity contribution in [1.82, 2.24) is 10.5 Å². The smallest absolute Gasteiger partial charge is 0.305 e. The fourth-order valence-electron chi connectivity index (χ4n) is 3.05. The molecule has 1 unspecified atom stereocenters. The van der Waals surface area contributed by atoms with E-state index in [2.05, 4.69) is 10.5 Å². The SMILES string of the molecule is CCOc1ccc(C(CC(=O)O)NC(=O)c2c(-c3ccccc3)noc2C)cc1. The molecule has 0 saturated carbocycles. The highest BCUT2D eigenvalue weighted by molar-refractivity contribution is 6.01. The molecule has 0 aliphatic carbocycles. The lowest BCUT2D eigenvalue weighted by Crippen LogP contribution is -2.30. The van der Waals surface area contributed by atoms with Crippen molar-refractivity contribution in [2.75, 3.05) is 6.61 Å². The minimum Gasteiger partial charge on any atom is -0.494 e. The maximum Gasteiger partial charge on any atom is 0.305 e. The van der Waals surface area contributed by atoms with Crippen molar-refractivity contribution in [3.05, 3.63) is 71.5 Å². The van der Waals surface area contributed by atoms with Gasteiger partial charge >= 0.3 is 5.97 Å².